The molecule has 1 aromatic heterocycles. The van der Waals surface area contributed by atoms with Crippen molar-refractivity contribution in [2.24, 2.45) is 5.92 Å². The van der Waals surface area contributed by atoms with Crippen molar-refractivity contribution >= 4 is 33.2 Å². The van der Waals surface area contributed by atoms with Gasteiger partial charge in [0.05, 0.1) is 4.70 Å². The van der Waals surface area contributed by atoms with Gasteiger partial charge < -0.3 is 15.1 Å². The van der Waals surface area contributed by atoms with Crippen molar-refractivity contribution in [2.45, 2.75) is 43.8 Å². The lowest BCUT2D eigenvalue weighted by atomic mass is 9.84. The number of anilines is 1. The van der Waals surface area contributed by atoms with E-state index in [9.17, 15) is 4.79 Å². The van der Waals surface area contributed by atoms with Crippen LogP contribution in [-0.2, 0) is 0 Å². The first kappa shape index (κ1) is 18.1. The van der Waals surface area contributed by atoms with Gasteiger partial charge in [0.2, 0.25) is 0 Å². The number of carbonyl (C=O) groups is 1. The summed E-state index contributed by atoms with van der Waals surface area (Å²) < 4.78 is 5.67. The van der Waals surface area contributed by atoms with Gasteiger partial charge in [-0.05, 0) is 81.5 Å². The van der Waals surface area contributed by atoms with Crippen LogP contribution in [0.5, 0.6) is 0 Å². The molecule has 29 heavy (non-hydrogen) atoms. The summed E-state index contributed by atoms with van der Waals surface area (Å²) in [6.45, 7) is 5.57. The summed E-state index contributed by atoms with van der Waals surface area (Å²) >= 11 is 1.46. The summed E-state index contributed by atoms with van der Waals surface area (Å²) in [5.74, 6) is 0.633. The van der Waals surface area contributed by atoms with Crippen LogP contribution >= 0.6 is 11.5 Å². The van der Waals surface area contributed by atoms with Gasteiger partial charge in [-0.3, -0.25) is 9.69 Å². The SMILES string of the molecule is CN1C2CCC1CN(c1ccc3c(C(=O)N[C@H]4CN5CCC4CC5)nsc3c1)C2. The molecule has 6 nitrogen and oxygen atoms in total. The Morgan fingerprint density at radius 1 is 1.10 bits per heavy atom. The summed E-state index contributed by atoms with van der Waals surface area (Å²) in [6.07, 6.45) is 5.03. The number of benzene rings is 1. The number of carbonyl (C=O) groups excluding carboxylic acids is 1. The van der Waals surface area contributed by atoms with Crippen molar-refractivity contribution < 1.29 is 4.79 Å². The first-order chi connectivity index (χ1) is 14.2. The molecule has 5 aliphatic heterocycles. The minimum atomic E-state index is 0.000363. The van der Waals surface area contributed by atoms with E-state index < -0.39 is 0 Å². The lowest BCUT2D eigenvalue weighted by Crippen LogP contribution is -2.57. The predicted octanol–water partition coefficient (Wildman–Crippen LogP) is 2.40. The summed E-state index contributed by atoms with van der Waals surface area (Å²) in [5, 5.41) is 4.29. The molecule has 5 fully saturated rings. The van der Waals surface area contributed by atoms with Gasteiger partial charge in [-0.25, -0.2) is 0 Å². The maximum Gasteiger partial charge on any atom is 0.271 e. The van der Waals surface area contributed by atoms with Gasteiger partial charge in [0.1, 0.15) is 5.69 Å². The standard InChI is InChI=1S/C22H29N5OS/c1-25-16-2-3-17(25)12-27(11-16)15-4-5-18-20(10-15)29-24-21(18)22(28)23-19-13-26-8-6-14(19)7-9-26/h4-5,10,14,16-17,19H,2-3,6-9,11-13H2,1H3,(H,23,28)/t16?,17?,19-/m0/s1. The number of nitrogens with zero attached hydrogens (tertiary/aromatic N) is 4. The van der Waals surface area contributed by atoms with E-state index in [4.69, 9.17) is 0 Å². The van der Waals surface area contributed by atoms with Gasteiger partial charge in [-0.2, -0.15) is 4.37 Å². The highest BCUT2D eigenvalue weighted by molar-refractivity contribution is 7.13. The van der Waals surface area contributed by atoms with Crippen molar-refractivity contribution in [1.29, 1.82) is 0 Å². The Morgan fingerprint density at radius 2 is 1.86 bits per heavy atom. The topological polar surface area (TPSA) is 51.7 Å². The van der Waals surface area contributed by atoms with E-state index in [0.29, 0.717) is 23.7 Å². The molecule has 2 unspecified atom stereocenters. The monoisotopic (exact) mass is 411 g/mol. The fourth-order valence-corrected chi connectivity index (χ4v) is 6.78. The van der Waals surface area contributed by atoms with Crippen LogP contribution in [0.3, 0.4) is 0 Å². The minimum Gasteiger partial charge on any atom is -0.368 e. The number of piperidine rings is 3. The first-order valence-electron chi connectivity index (χ1n) is 11.1. The van der Waals surface area contributed by atoms with Crippen LogP contribution in [-0.4, -0.2) is 78.0 Å². The van der Waals surface area contributed by atoms with Gasteiger partial charge in [-0.1, -0.05) is 0 Å². The molecule has 0 radical (unpaired) electrons. The number of fused-ring (bicyclic) bond motifs is 6. The van der Waals surface area contributed by atoms with Gasteiger partial charge >= 0.3 is 0 Å². The van der Waals surface area contributed by atoms with Crippen molar-refractivity contribution in [3.05, 3.63) is 23.9 Å². The lowest BCUT2D eigenvalue weighted by molar-refractivity contribution is 0.0619. The maximum absolute atomic E-state index is 13.0. The summed E-state index contributed by atoms with van der Waals surface area (Å²) in [6, 6.07) is 8.17. The molecule has 4 bridgehead atoms. The van der Waals surface area contributed by atoms with Gasteiger partial charge in [0.15, 0.2) is 0 Å². The van der Waals surface area contributed by atoms with Gasteiger partial charge in [-0.15, -0.1) is 0 Å². The van der Waals surface area contributed by atoms with Crippen LogP contribution in [0.4, 0.5) is 5.69 Å². The van der Waals surface area contributed by atoms with E-state index in [0.717, 1.165) is 29.7 Å². The molecule has 5 aliphatic rings. The smallest absolute Gasteiger partial charge is 0.271 e. The molecular weight excluding hydrogens is 382 g/mol. The Balaban J connectivity index is 1.21. The summed E-state index contributed by atoms with van der Waals surface area (Å²) in [5.41, 5.74) is 1.88. The molecule has 3 atom stereocenters. The van der Waals surface area contributed by atoms with Crippen molar-refractivity contribution in [3.63, 3.8) is 0 Å². The zero-order valence-electron chi connectivity index (χ0n) is 17.0. The maximum atomic E-state index is 13.0. The molecule has 6 heterocycles. The molecule has 7 rings (SSSR count). The predicted molar refractivity (Wildman–Crippen MR) is 117 cm³/mol. The largest absolute Gasteiger partial charge is 0.368 e. The molecule has 5 saturated heterocycles. The molecule has 0 spiro atoms. The van der Waals surface area contributed by atoms with E-state index in [-0.39, 0.29) is 11.9 Å². The number of hydrogen-bond donors (Lipinski definition) is 1. The molecule has 7 heteroatoms. The first-order valence-corrected chi connectivity index (χ1v) is 11.8. The third kappa shape index (κ3) is 3.05. The molecule has 1 N–H and O–H groups in total. The average Bonchev–Trinajstić information content (AvgIpc) is 3.24. The zero-order valence-corrected chi connectivity index (χ0v) is 17.8. The molecule has 0 saturated carbocycles. The van der Waals surface area contributed by atoms with Crippen molar-refractivity contribution in [1.82, 2.24) is 19.5 Å². The normalized spacial score (nSPS) is 34.1. The molecule has 2 aromatic rings. The molecule has 1 aromatic carbocycles. The van der Waals surface area contributed by atoms with Crippen LogP contribution in [0, 0.1) is 5.92 Å². The van der Waals surface area contributed by atoms with E-state index in [1.54, 1.807) is 0 Å². The fourth-order valence-electron chi connectivity index (χ4n) is 5.98. The average molecular weight is 412 g/mol. The van der Waals surface area contributed by atoms with Crippen molar-refractivity contribution in [2.75, 3.05) is 44.7 Å². The van der Waals surface area contributed by atoms with Crippen molar-refractivity contribution in [3.8, 4) is 0 Å². The fraction of sp³-hybridized carbons (Fsp3) is 0.636. The molecule has 154 valence electrons. The van der Waals surface area contributed by atoms with Crippen LogP contribution in [0.25, 0.3) is 10.1 Å². The van der Waals surface area contributed by atoms with Crippen LogP contribution in [0.15, 0.2) is 18.2 Å². The highest BCUT2D eigenvalue weighted by atomic mass is 32.1. The highest BCUT2D eigenvalue weighted by Gasteiger charge is 2.38. The quantitative estimate of drug-likeness (QED) is 0.841. The number of likely N-dealkylation sites (N-methyl/N-ethyl adjacent to an activating group) is 1. The summed E-state index contributed by atoms with van der Waals surface area (Å²) in [7, 11) is 2.27. The van der Waals surface area contributed by atoms with E-state index in [1.807, 2.05) is 0 Å². The Labute approximate surface area is 176 Å². The van der Waals surface area contributed by atoms with Gasteiger partial charge in [0, 0.05) is 48.8 Å². The number of rotatable bonds is 3. The second-order valence-corrected chi connectivity index (χ2v) is 10.2. The lowest BCUT2D eigenvalue weighted by Gasteiger charge is -2.44. The Kier molecular flexibility index (Phi) is 4.32. The third-order valence-corrected chi connectivity index (χ3v) is 8.66. The third-order valence-electron chi connectivity index (χ3n) is 7.86. The Bertz CT molecular complexity index is 922. The van der Waals surface area contributed by atoms with Gasteiger partial charge in [0.25, 0.3) is 5.91 Å². The molecular formula is C22H29N5OS. The number of amides is 1. The number of piperazine rings is 1. The van der Waals surface area contributed by atoms with Crippen LogP contribution in [0.1, 0.15) is 36.2 Å². The summed E-state index contributed by atoms with van der Waals surface area (Å²) in [4.78, 5) is 20.5. The minimum absolute atomic E-state index is 0.000363. The second-order valence-electron chi connectivity index (χ2n) is 9.39. The van der Waals surface area contributed by atoms with E-state index in [2.05, 4.69) is 49.6 Å². The highest BCUT2D eigenvalue weighted by Crippen LogP contribution is 2.34. The molecule has 0 aliphatic carbocycles. The second kappa shape index (κ2) is 6.93. The van der Waals surface area contributed by atoms with E-state index in [1.165, 1.54) is 56.0 Å². The molecule has 1 amide bonds. The number of aromatic nitrogens is 1. The Hall–Kier alpha value is -1.70. The number of hydrogen-bond acceptors (Lipinski definition) is 6. The van der Waals surface area contributed by atoms with Crippen LogP contribution < -0.4 is 10.2 Å². The zero-order chi connectivity index (χ0) is 19.5. The van der Waals surface area contributed by atoms with E-state index >= 15 is 0 Å². The Morgan fingerprint density at radius 3 is 2.55 bits per heavy atom. The number of nitrogens with one attached hydrogen (secondary N) is 1. The van der Waals surface area contributed by atoms with Crippen LogP contribution in [0.2, 0.25) is 0 Å².